The van der Waals surface area contributed by atoms with Crippen molar-refractivity contribution in [3.8, 4) is 5.75 Å². The van der Waals surface area contributed by atoms with Crippen LogP contribution in [0.1, 0.15) is 34.1 Å². The topological polar surface area (TPSA) is 94.8 Å². The van der Waals surface area contributed by atoms with E-state index in [2.05, 4.69) is 5.32 Å². The molecule has 0 aliphatic carbocycles. The molecule has 1 N–H and O–H groups in total. The third kappa shape index (κ3) is 4.20. The van der Waals surface area contributed by atoms with Gasteiger partial charge in [-0.2, -0.15) is 0 Å². The predicted octanol–water partition coefficient (Wildman–Crippen LogP) is 3.62. The number of ether oxygens (including phenoxy) is 2. The second kappa shape index (κ2) is 8.39. The predicted molar refractivity (Wildman–Crippen MR) is 104 cm³/mol. The maximum Gasteiger partial charge on any atom is 0.349 e. The Morgan fingerprint density at radius 3 is 2.50 bits per heavy atom. The second-order valence-electron chi connectivity index (χ2n) is 6.02. The summed E-state index contributed by atoms with van der Waals surface area (Å²) in [7, 11) is 1.52. The third-order valence-electron chi connectivity index (χ3n) is 4.00. The average molecular weight is 381 g/mol. The van der Waals surface area contributed by atoms with Crippen LogP contribution in [0.25, 0.3) is 11.0 Å². The summed E-state index contributed by atoms with van der Waals surface area (Å²) in [6.07, 6.45) is 0.736. The minimum Gasteiger partial charge on any atom is -0.497 e. The summed E-state index contributed by atoms with van der Waals surface area (Å²) >= 11 is 0. The molecule has 3 aromatic rings. The van der Waals surface area contributed by atoms with E-state index in [9.17, 15) is 14.4 Å². The van der Waals surface area contributed by atoms with Crippen LogP contribution in [0.4, 0.5) is 5.69 Å². The molecule has 7 nitrogen and oxygen atoms in total. The molecule has 1 heterocycles. The second-order valence-corrected chi connectivity index (χ2v) is 6.02. The van der Waals surface area contributed by atoms with E-state index >= 15 is 0 Å². The van der Waals surface area contributed by atoms with Crippen LogP contribution in [-0.2, 0) is 4.74 Å². The Kier molecular flexibility index (Phi) is 5.74. The number of hydrogen-bond donors (Lipinski definition) is 1. The number of esters is 1. The molecule has 0 spiro atoms. The standard InChI is InChI=1S/C21H19NO6/c1-3-10-27-20(24)13-4-6-15(7-5-13)22-19(23)17-12-14-11-16(26-2)8-9-18(14)28-21(17)25/h4-9,11-12H,3,10H2,1-2H3,(H,22,23). The molecule has 0 fully saturated rings. The molecule has 0 aliphatic rings. The van der Waals surface area contributed by atoms with Gasteiger partial charge in [0, 0.05) is 11.1 Å². The summed E-state index contributed by atoms with van der Waals surface area (Å²) < 4.78 is 15.4. The van der Waals surface area contributed by atoms with Gasteiger partial charge in [-0.25, -0.2) is 9.59 Å². The molecule has 3 rings (SSSR count). The normalized spacial score (nSPS) is 10.5. The molecule has 0 radical (unpaired) electrons. The Balaban J connectivity index is 1.79. The van der Waals surface area contributed by atoms with Crippen molar-refractivity contribution in [1.29, 1.82) is 0 Å². The molecule has 0 saturated carbocycles. The molecule has 144 valence electrons. The number of carbonyl (C=O) groups excluding carboxylic acids is 2. The SMILES string of the molecule is CCCOC(=O)c1ccc(NC(=O)c2cc3cc(OC)ccc3oc2=O)cc1. The first-order valence-electron chi connectivity index (χ1n) is 8.72. The third-order valence-corrected chi connectivity index (χ3v) is 4.00. The first-order chi connectivity index (χ1) is 13.5. The average Bonchev–Trinajstić information content (AvgIpc) is 2.71. The zero-order chi connectivity index (χ0) is 20.1. The molecule has 1 aromatic heterocycles. The van der Waals surface area contributed by atoms with Crippen LogP contribution in [0.2, 0.25) is 0 Å². The molecule has 1 amide bonds. The molecule has 0 bridgehead atoms. The molecular formula is C21H19NO6. The molecule has 28 heavy (non-hydrogen) atoms. The fourth-order valence-electron chi connectivity index (χ4n) is 2.55. The highest BCUT2D eigenvalue weighted by Gasteiger charge is 2.15. The number of carbonyl (C=O) groups is 2. The lowest BCUT2D eigenvalue weighted by molar-refractivity contribution is 0.0505. The van der Waals surface area contributed by atoms with Gasteiger partial charge < -0.3 is 19.2 Å². The number of fused-ring (bicyclic) bond motifs is 1. The number of benzene rings is 2. The van der Waals surface area contributed by atoms with Crippen molar-refractivity contribution in [2.75, 3.05) is 19.0 Å². The van der Waals surface area contributed by atoms with Gasteiger partial charge in [-0.05, 0) is 55.0 Å². The van der Waals surface area contributed by atoms with E-state index in [0.717, 1.165) is 6.42 Å². The summed E-state index contributed by atoms with van der Waals surface area (Å²) in [5.74, 6) is -0.457. The van der Waals surface area contributed by atoms with Crippen LogP contribution >= 0.6 is 0 Å². The molecule has 7 heteroatoms. The van der Waals surface area contributed by atoms with E-state index in [0.29, 0.717) is 34.6 Å². The number of anilines is 1. The van der Waals surface area contributed by atoms with Gasteiger partial charge in [0.1, 0.15) is 16.9 Å². The van der Waals surface area contributed by atoms with E-state index < -0.39 is 17.5 Å². The Morgan fingerprint density at radius 1 is 1.07 bits per heavy atom. The Morgan fingerprint density at radius 2 is 1.82 bits per heavy atom. The zero-order valence-corrected chi connectivity index (χ0v) is 15.5. The smallest absolute Gasteiger partial charge is 0.349 e. The Hall–Kier alpha value is -3.61. The lowest BCUT2D eigenvalue weighted by Gasteiger charge is -2.07. The summed E-state index contributed by atoms with van der Waals surface area (Å²) in [4.78, 5) is 36.4. The quantitative estimate of drug-likeness (QED) is 0.518. The van der Waals surface area contributed by atoms with Crippen molar-refractivity contribution in [3.63, 3.8) is 0 Å². The van der Waals surface area contributed by atoms with Gasteiger partial charge in [-0.15, -0.1) is 0 Å². The highest BCUT2D eigenvalue weighted by molar-refractivity contribution is 6.05. The fourth-order valence-corrected chi connectivity index (χ4v) is 2.55. The van der Waals surface area contributed by atoms with Crippen molar-refractivity contribution in [2.24, 2.45) is 0 Å². The minimum atomic E-state index is -0.741. The van der Waals surface area contributed by atoms with Gasteiger partial charge in [0.2, 0.25) is 0 Å². The number of nitrogens with one attached hydrogen (secondary N) is 1. The number of hydrogen-bond acceptors (Lipinski definition) is 6. The summed E-state index contributed by atoms with van der Waals surface area (Å²) in [5, 5.41) is 3.19. The first-order valence-corrected chi connectivity index (χ1v) is 8.72. The van der Waals surface area contributed by atoms with Gasteiger partial charge in [-0.3, -0.25) is 4.79 Å². The van der Waals surface area contributed by atoms with Gasteiger partial charge in [0.25, 0.3) is 5.91 Å². The zero-order valence-electron chi connectivity index (χ0n) is 15.5. The van der Waals surface area contributed by atoms with Crippen LogP contribution < -0.4 is 15.7 Å². The van der Waals surface area contributed by atoms with Crippen molar-refractivity contribution in [2.45, 2.75) is 13.3 Å². The monoisotopic (exact) mass is 381 g/mol. The molecular weight excluding hydrogens is 362 g/mol. The van der Waals surface area contributed by atoms with E-state index in [-0.39, 0.29) is 5.56 Å². The highest BCUT2D eigenvalue weighted by Crippen LogP contribution is 2.21. The lowest BCUT2D eigenvalue weighted by atomic mass is 10.1. The van der Waals surface area contributed by atoms with Crippen LogP contribution in [0.3, 0.4) is 0 Å². The molecule has 0 aliphatic heterocycles. The molecule has 0 unspecified atom stereocenters. The van der Waals surface area contributed by atoms with Crippen LogP contribution in [0.15, 0.2) is 57.7 Å². The van der Waals surface area contributed by atoms with Gasteiger partial charge >= 0.3 is 11.6 Å². The van der Waals surface area contributed by atoms with Crippen LogP contribution in [0.5, 0.6) is 5.75 Å². The maximum atomic E-state index is 12.5. The fraction of sp³-hybridized carbons (Fsp3) is 0.190. The van der Waals surface area contributed by atoms with Crippen molar-refractivity contribution in [3.05, 3.63) is 70.1 Å². The van der Waals surface area contributed by atoms with Gasteiger partial charge in [0.05, 0.1) is 19.3 Å². The van der Waals surface area contributed by atoms with E-state index in [1.165, 1.54) is 13.2 Å². The highest BCUT2D eigenvalue weighted by atomic mass is 16.5. The largest absolute Gasteiger partial charge is 0.497 e. The summed E-state index contributed by atoms with van der Waals surface area (Å²) in [6, 6.07) is 12.6. The van der Waals surface area contributed by atoms with E-state index in [4.69, 9.17) is 13.9 Å². The number of methoxy groups -OCH3 is 1. The molecule has 0 saturated heterocycles. The Bertz CT molecular complexity index is 1070. The minimum absolute atomic E-state index is 0.132. The molecule has 0 atom stereocenters. The summed E-state index contributed by atoms with van der Waals surface area (Å²) in [6.45, 7) is 2.26. The summed E-state index contributed by atoms with van der Waals surface area (Å²) in [5.41, 5.74) is 0.297. The van der Waals surface area contributed by atoms with Gasteiger partial charge in [0.15, 0.2) is 0 Å². The van der Waals surface area contributed by atoms with Gasteiger partial charge in [-0.1, -0.05) is 6.92 Å². The first kappa shape index (κ1) is 19.2. The maximum absolute atomic E-state index is 12.5. The molecule has 2 aromatic carbocycles. The van der Waals surface area contributed by atoms with Crippen LogP contribution in [0, 0.1) is 0 Å². The van der Waals surface area contributed by atoms with Crippen molar-refractivity contribution < 1.29 is 23.5 Å². The Labute approximate surface area is 160 Å². The van der Waals surface area contributed by atoms with Crippen LogP contribution in [-0.4, -0.2) is 25.6 Å². The number of amides is 1. The van der Waals surface area contributed by atoms with E-state index in [1.54, 1.807) is 42.5 Å². The van der Waals surface area contributed by atoms with Crippen molar-refractivity contribution >= 4 is 28.5 Å². The number of rotatable bonds is 6. The lowest BCUT2D eigenvalue weighted by Crippen LogP contribution is -2.20. The van der Waals surface area contributed by atoms with Crippen molar-refractivity contribution in [1.82, 2.24) is 0 Å². The van der Waals surface area contributed by atoms with E-state index in [1.807, 2.05) is 6.92 Å².